The Labute approximate surface area is 170 Å². The van der Waals surface area contributed by atoms with Gasteiger partial charge in [-0.1, -0.05) is 43.1 Å². The molecule has 2 aromatic rings. The molecular weight excluding hydrogens is 431 g/mol. The van der Waals surface area contributed by atoms with Gasteiger partial charge < -0.3 is 10.6 Å². The predicted molar refractivity (Wildman–Crippen MR) is 111 cm³/mol. The van der Waals surface area contributed by atoms with Crippen LogP contribution >= 0.6 is 15.9 Å². The highest BCUT2D eigenvalue weighted by atomic mass is 79.9. The van der Waals surface area contributed by atoms with Crippen LogP contribution in [0, 0.1) is 11.7 Å². The number of amides is 1. The zero-order valence-corrected chi connectivity index (χ0v) is 17.7. The number of nitrogen functional groups attached to an aromatic ring is 1. The number of halogens is 2. The SMILES string of the molecule is CCCCn1c(N)c(N(CC(C)C)C(=O)c2cc(Br)ccc2F)c(=O)[nH]c1=O. The van der Waals surface area contributed by atoms with Crippen LogP contribution in [0.2, 0.25) is 0 Å². The van der Waals surface area contributed by atoms with Gasteiger partial charge in [0.1, 0.15) is 11.6 Å². The molecule has 0 atom stereocenters. The van der Waals surface area contributed by atoms with E-state index in [-0.39, 0.29) is 29.5 Å². The number of aromatic amines is 1. The van der Waals surface area contributed by atoms with Gasteiger partial charge in [0, 0.05) is 17.6 Å². The van der Waals surface area contributed by atoms with Crippen molar-refractivity contribution in [2.24, 2.45) is 5.92 Å². The molecule has 1 heterocycles. The van der Waals surface area contributed by atoms with Gasteiger partial charge in [-0.15, -0.1) is 0 Å². The van der Waals surface area contributed by atoms with Crippen molar-refractivity contribution < 1.29 is 9.18 Å². The molecule has 3 N–H and O–H groups in total. The maximum Gasteiger partial charge on any atom is 0.330 e. The number of H-pyrrole nitrogens is 1. The Morgan fingerprint density at radius 2 is 2.04 bits per heavy atom. The minimum absolute atomic E-state index is 0.0333. The monoisotopic (exact) mass is 454 g/mol. The van der Waals surface area contributed by atoms with Crippen LogP contribution in [0.1, 0.15) is 44.0 Å². The van der Waals surface area contributed by atoms with Gasteiger partial charge in [-0.25, -0.2) is 9.18 Å². The molecule has 0 fully saturated rings. The van der Waals surface area contributed by atoms with Crippen molar-refractivity contribution in [3.63, 3.8) is 0 Å². The van der Waals surface area contributed by atoms with Crippen LogP contribution in [0.5, 0.6) is 0 Å². The Morgan fingerprint density at radius 3 is 2.64 bits per heavy atom. The number of carbonyl (C=O) groups is 1. The molecule has 28 heavy (non-hydrogen) atoms. The Hall–Kier alpha value is -2.42. The van der Waals surface area contributed by atoms with Gasteiger partial charge in [0.15, 0.2) is 5.69 Å². The second-order valence-corrected chi connectivity index (χ2v) is 7.85. The van der Waals surface area contributed by atoms with Gasteiger partial charge in [0.05, 0.1) is 5.56 Å². The molecular formula is C19H24BrFN4O3. The van der Waals surface area contributed by atoms with Gasteiger partial charge in [-0.3, -0.25) is 19.1 Å². The van der Waals surface area contributed by atoms with E-state index in [0.29, 0.717) is 17.4 Å². The summed E-state index contributed by atoms with van der Waals surface area (Å²) < 4.78 is 16.1. The van der Waals surface area contributed by atoms with Crippen LogP contribution in [0.3, 0.4) is 0 Å². The fraction of sp³-hybridized carbons (Fsp3) is 0.421. The lowest BCUT2D eigenvalue weighted by atomic mass is 10.1. The lowest BCUT2D eigenvalue weighted by molar-refractivity contribution is 0.0979. The molecule has 7 nitrogen and oxygen atoms in total. The first-order chi connectivity index (χ1) is 13.2. The van der Waals surface area contributed by atoms with Crippen LogP contribution in [-0.2, 0) is 6.54 Å². The molecule has 0 spiro atoms. The van der Waals surface area contributed by atoms with Crippen LogP contribution < -0.4 is 21.9 Å². The fourth-order valence-electron chi connectivity index (χ4n) is 2.82. The standard InChI is InChI=1S/C19H24BrFN4O3/c1-4-5-8-24-16(22)15(17(26)23-19(24)28)25(10-11(2)3)18(27)13-9-12(20)6-7-14(13)21/h6-7,9,11H,4-5,8,10,22H2,1-3H3,(H,23,26,28). The number of aromatic nitrogens is 2. The Balaban J connectivity index is 2.66. The van der Waals surface area contributed by atoms with Crippen molar-refractivity contribution in [3.05, 3.63) is 54.9 Å². The summed E-state index contributed by atoms with van der Waals surface area (Å²) in [4.78, 5) is 41.2. The van der Waals surface area contributed by atoms with E-state index in [1.54, 1.807) is 0 Å². The van der Waals surface area contributed by atoms with Crippen molar-refractivity contribution in [1.82, 2.24) is 9.55 Å². The zero-order chi connectivity index (χ0) is 21.0. The number of nitrogens with one attached hydrogen (secondary N) is 1. The molecule has 2 rings (SSSR count). The number of unbranched alkanes of at least 4 members (excludes halogenated alkanes) is 1. The second-order valence-electron chi connectivity index (χ2n) is 6.93. The average molecular weight is 455 g/mol. The van der Waals surface area contributed by atoms with E-state index in [4.69, 9.17) is 5.73 Å². The van der Waals surface area contributed by atoms with Crippen molar-refractivity contribution in [2.45, 2.75) is 40.2 Å². The number of anilines is 2. The smallest absolute Gasteiger partial charge is 0.330 e. The molecule has 9 heteroatoms. The third kappa shape index (κ3) is 4.70. The number of nitrogens with zero attached hydrogens (tertiary/aromatic N) is 2. The van der Waals surface area contributed by atoms with E-state index in [9.17, 15) is 18.8 Å². The molecule has 1 aromatic carbocycles. The highest BCUT2D eigenvalue weighted by Crippen LogP contribution is 2.24. The number of benzene rings is 1. The van der Waals surface area contributed by atoms with Crippen LogP contribution in [0.15, 0.2) is 32.3 Å². The minimum Gasteiger partial charge on any atom is -0.383 e. The van der Waals surface area contributed by atoms with Gasteiger partial charge in [-0.2, -0.15) is 0 Å². The summed E-state index contributed by atoms with van der Waals surface area (Å²) >= 11 is 3.22. The largest absolute Gasteiger partial charge is 0.383 e. The van der Waals surface area contributed by atoms with E-state index in [1.165, 1.54) is 22.8 Å². The molecule has 0 saturated heterocycles. The lowest BCUT2D eigenvalue weighted by Crippen LogP contribution is -2.43. The van der Waals surface area contributed by atoms with Crippen LogP contribution in [0.4, 0.5) is 15.9 Å². The summed E-state index contributed by atoms with van der Waals surface area (Å²) in [5.74, 6) is -1.55. The predicted octanol–water partition coefficient (Wildman–Crippen LogP) is 3.12. The number of rotatable bonds is 7. The maximum absolute atomic E-state index is 14.3. The van der Waals surface area contributed by atoms with E-state index in [1.807, 2.05) is 20.8 Å². The topological polar surface area (TPSA) is 101 Å². The molecule has 152 valence electrons. The van der Waals surface area contributed by atoms with E-state index in [2.05, 4.69) is 20.9 Å². The molecule has 1 aromatic heterocycles. The molecule has 0 saturated carbocycles. The van der Waals surface area contributed by atoms with Crippen molar-refractivity contribution in [3.8, 4) is 0 Å². The summed E-state index contributed by atoms with van der Waals surface area (Å²) in [7, 11) is 0. The second kappa shape index (κ2) is 9.18. The van der Waals surface area contributed by atoms with Crippen molar-refractivity contribution in [1.29, 1.82) is 0 Å². The van der Waals surface area contributed by atoms with Gasteiger partial charge in [0.25, 0.3) is 11.5 Å². The summed E-state index contributed by atoms with van der Waals surface area (Å²) in [5, 5.41) is 0. The third-order valence-electron chi connectivity index (χ3n) is 4.17. The highest BCUT2D eigenvalue weighted by molar-refractivity contribution is 9.10. The molecule has 0 unspecified atom stereocenters. The number of nitrogens with two attached hydrogens (primary N) is 1. The molecule has 0 bridgehead atoms. The Morgan fingerprint density at radius 1 is 1.36 bits per heavy atom. The Bertz CT molecular complexity index is 984. The normalized spacial score (nSPS) is 11.1. The molecule has 0 aliphatic rings. The number of hydrogen-bond donors (Lipinski definition) is 2. The van der Waals surface area contributed by atoms with Gasteiger partial charge >= 0.3 is 5.69 Å². The van der Waals surface area contributed by atoms with E-state index >= 15 is 0 Å². The van der Waals surface area contributed by atoms with Crippen LogP contribution in [-0.4, -0.2) is 22.0 Å². The van der Waals surface area contributed by atoms with Crippen molar-refractivity contribution >= 4 is 33.3 Å². The zero-order valence-electron chi connectivity index (χ0n) is 16.1. The minimum atomic E-state index is -0.778. The van der Waals surface area contributed by atoms with Gasteiger partial charge in [0.2, 0.25) is 0 Å². The molecule has 0 aliphatic heterocycles. The van der Waals surface area contributed by atoms with Gasteiger partial charge in [-0.05, 0) is 30.5 Å². The summed E-state index contributed by atoms with van der Waals surface area (Å²) in [6.07, 6.45) is 1.49. The maximum atomic E-state index is 14.3. The van der Waals surface area contributed by atoms with E-state index < -0.39 is 23.0 Å². The fourth-order valence-corrected chi connectivity index (χ4v) is 3.19. The van der Waals surface area contributed by atoms with Crippen LogP contribution in [0.25, 0.3) is 0 Å². The number of carbonyl (C=O) groups excluding carboxylic acids is 1. The first kappa shape index (κ1) is 21.9. The summed E-state index contributed by atoms with van der Waals surface area (Å²) in [6.45, 7) is 6.10. The summed E-state index contributed by atoms with van der Waals surface area (Å²) in [6, 6.07) is 3.99. The summed E-state index contributed by atoms with van der Waals surface area (Å²) in [5.41, 5.74) is 4.38. The van der Waals surface area contributed by atoms with Crippen molar-refractivity contribution in [2.75, 3.05) is 17.2 Å². The lowest BCUT2D eigenvalue weighted by Gasteiger charge is -2.26. The number of hydrogen-bond acceptors (Lipinski definition) is 4. The quantitative estimate of drug-likeness (QED) is 0.670. The highest BCUT2D eigenvalue weighted by Gasteiger charge is 2.27. The average Bonchev–Trinajstić information content (AvgIpc) is 2.61. The third-order valence-corrected chi connectivity index (χ3v) is 4.66. The molecule has 0 radical (unpaired) electrons. The first-order valence-corrected chi connectivity index (χ1v) is 9.86. The Kier molecular flexibility index (Phi) is 7.17. The molecule has 1 amide bonds. The van der Waals surface area contributed by atoms with E-state index in [0.717, 1.165) is 11.3 Å². The first-order valence-electron chi connectivity index (χ1n) is 9.06. The molecule has 0 aliphatic carbocycles.